The lowest BCUT2D eigenvalue weighted by molar-refractivity contribution is 0.556. The second-order valence-corrected chi connectivity index (χ2v) is 6.92. The van der Waals surface area contributed by atoms with E-state index in [2.05, 4.69) is 16.8 Å². The number of hydrogen-bond donors (Lipinski definition) is 0. The predicted molar refractivity (Wildman–Crippen MR) is 108 cm³/mol. The topological polar surface area (TPSA) is 56.9 Å². The second-order valence-electron chi connectivity index (χ2n) is 6.92. The van der Waals surface area contributed by atoms with Crippen LogP contribution in [-0.4, -0.2) is 14.1 Å². The number of halogens is 2. The summed E-state index contributed by atoms with van der Waals surface area (Å²) in [6, 6.07) is 10.5. The van der Waals surface area contributed by atoms with Crippen molar-refractivity contribution in [3.8, 4) is 17.5 Å². The van der Waals surface area contributed by atoms with Gasteiger partial charge in [-0.1, -0.05) is 24.0 Å². The van der Waals surface area contributed by atoms with Crippen LogP contribution in [0.3, 0.4) is 0 Å². The fourth-order valence-electron chi connectivity index (χ4n) is 3.78. The summed E-state index contributed by atoms with van der Waals surface area (Å²) < 4.78 is 31.8. The van der Waals surface area contributed by atoms with E-state index in [1.54, 1.807) is 30.5 Å². The van der Waals surface area contributed by atoms with E-state index in [4.69, 9.17) is 0 Å². The molecular formula is C23H13F2N3O2. The maximum Gasteiger partial charge on any atom is 0.336 e. The Morgan fingerprint density at radius 3 is 2.47 bits per heavy atom. The van der Waals surface area contributed by atoms with Crippen LogP contribution >= 0.6 is 0 Å². The molecule has 0 N–H and O–H groups in total. The van der Waals surface area contributed by atoms with Crippen LogP contribution in [0.25, 0.3) is 16.6 Å². The Balaban J connectivity index is 1.70. The number of aryl methyl sites for hydroxylation is 2. The average Bonchev–Trinajstić information content (AvgIpc) is 3.18. The molecule has 0 atom stereocenters. The summed E-state index contributed by atoms with van der Waals surface area (Å²) in [4.78, 5) is 29.8. The van der Waals surface area contributed by atoms with Crippen molar-refractivity contribution < 1.29 is 8.78 Å². The molecule has 7 heteroatoms. The molecule has 30 heavy (non-hydrogen) atoms. The molecule has 0 saturated heterocycles. The summed E-state index contributed by atoms with van der Waals surface area (Å²) in [5.74, 6) is 3.36. The zero-order valence-corrected chi connectivity index (χ0v) is 15.5. The first kappa shape index (κ1) is 18.0. The molecule has 0 amide bonds. The minimum Gasteiger partial charge on any atom is -0.292 e. The molecule has 0 radical (unpaired) electrons. The Kier molecular flexibility index (Phi) is 4.07. The Hall–Kier alpha value is -4.05. The third-order valence-electron chi connectivity index (χ3n) is 5.10. The molecule has 0 aliphatic carbocycles. The third-order valence-corrected chi connectivity index (χ3v) is 5.10. The van der Waals surface area contributed by atoms with Gasteiger partial charge in [-0.2, -0.15) is 0 Å². The number of rotatable bonds is 1. The van der Waals surface area contributed by atoms with Crippen LogP contribution in [0.5, 0.6) is 0 Å². The molecule has 4 aromatic rings. The molecule has 5 nitrogen and oxygen atoms in total. The number of hydrogen-bond acceptors (Lipinski definition) is 3. The molecule has 146 valence electrons. The van der Waals surface area contributed by atoms with Crippen LogP contribution in [-0.2, 0) is 13.0 Å². The van der Waals surface area contributed by atoms with Crippen LogP contribution in [0.15, 0.2) is 64.4 Å². The van der Waals surface area contributed by atoms with Gasteiger partial charge >= 0.3 is 5.69 Å². The van der Waals surface area contributed by atoms with E-state index in [0.717, 1.165) is 17.7 Å². The molecule has 3 heterocycles. The molecule has 5 rings (SSSR count). The molecule has 2 aromatic carbocycles. The van der Waals surface area contributed by atoms with Gasteiger partial charge in [-0.05, 0) is 42.3 Å². The normalized spacial score (nSPS) is 12.1. The van der Waals surface area contributed by atoms with Crippen LogP contribution in [0, 0.1) is 23.5 Å². The smallest absolute Gasteiger partial charge is 0.292 e. The molecule has 0 unspecified atom stereocenters. The zero-order chi connectivity index (χ0) is 20.8. The Bertz CT molecular complexity index is 1490. The van der Waals surface area contributed by atoms with E-state index in [9.17, 15) is 18.4 Å². The van der Waals surface area contributed by atoms with Crippen LogP contribution < -0.4 is 11.2 Å². The fraction of sp³-hybridized carbons (Fsp3) is 0.0870. The van der Waals surface area contributed by atoms with E-state index >= 15 is 0 Å². The number of aromatic nitrogens is 3. The van der Waals surface area contributed by atoms with Gasteiger partial charge in [0.25, 0.3) is 5.56 Å². The molecule has 1 aliphatic rings. The highest BCUT2D eigenvalue weighted by atomic mass is 19.1. The largest absolute Gasteiger partial charge is 0.336 e. The van der Waals surface area contributed by atoms with Crippen LogP contribution in [0.2, 0.25) is 0 Å². The lowest BCUT2D eigenvalue weighted by atomic mass is 10.1. The first-order valence-corrected chi connectivity index (χ1v) is 9.23. The second kappa shape index (κ2) is 6.78. The minimum atomic E-state index is -1.04. The Morgan fingerprint density at radius 1 is 0.967 bits per heavy atom. The Labute approximate surface area is 168 Å². The summed E-state index contributed by atoms with van der Waals surface area (Å²) in [7, 11) is 0. The van der Waals surface area contributed by atoms with E-state index in [1.165, 1.54) is 10.8 Å². The summed E-state index contributed by atoms with van der Waals surface area (Å²) in [5, 5.41) is 0.254. The van der Waals surface area contributed by atoms with Crippen molar-refractivity contribution in [3.63, 3.8) is 0 Å². The van der Waals surface area contributed by atoms with Crippen molar-refractivity contribution in [3.05, 3.63) is 104 Å². The standard InChI is InChI=1S/C23H13F2N3O2/c24-18-11-15(7-6-14-3-2-9-26-13-14)12-19(25)21(18)28-22(29)17-5-1-4-16-8-10-27(20(16)17)23(28)30/h1-5,9,11-13H,8,10H2. The highest BCUT2D eigenvalue weighted by molar-refractivity contribution is 5.83. The average molecular weight is 401 g/mol. The summed E-state index contributed by atoms with van der Waals surface area (Å²) in [5.41, 5.74) is -0.130. The maximum absolute atomic E-state index is 14.9. The number of benzene rings is 2. The predicted octanol–water partition coefficient (Wildman–Crippen LogP) is 2.78. The van der Waals surface area contributed by atoms with Crippen LogP contribution in [0.1, 0.15) is 16.7 Å². The quantitative estimate of drug-likeness (QED) is 0.461. The first-order valence-electron chi connectivity index (χ1n) is 9.23. The molecular weight excluding hydrogens is 388 g/mol. The van der Waals surface area contributed by atoms with Gasteiger partial charge in [0.05, 0.1) is 10.9 Å². The summed E-state index contributed by atoms with van der Waals surface area (Å²) >= 11 is 0. The van der Waals surface area contributed by atoms with Gasteiger partial charge in [0.2, 0.25) is 0 Å². The number of nitrogens with zero attached hydrogens (tertiary/aromatic N) is 3. The maximum atomic E-state index is 14.9. The van der Waals surface area contributed by atoms with Gasteiger partial charge in [-0.25, -0.2) is 18.1 Å². The molecule has 0 bridgehead atoms. The lowest BCUT2D eigenvalue weighted by Gasteiger charge is -2.12. The van der Waals surface area contributed by atoms with Crippen molar-refractivity contribution in [2.75, 3.05) is 0 Å². The first-order chi connectivity index (χ1) is 14.5. The third kappa shape index (κ3) is 2.73. The molecule has 0 fully saturated rings. The zero-order valence-electron chi connectivity index (χ0n) is 15.5. The molecule has 2 aromatic heterocycles. The molecule has 0 spiro atoms. The number of para-hydroxylation sites is 1. The van der Waals surface area contributed by atoms with Gasteiger partial charge in [-0.3, -0.25) is 14.3 Å². The van der Waals surface area contributed by atoms with Crippen molar-refractivity contribution in [2.24, 2.45) is 0 Å². The van der Waals surface area contributed by atoms with Crippen molar-refractivity contribution in [2.45, 2.75) is 13.0 Å². The van der Waals surface area contributed by atoms with Crippen LogP contribution in [0.4, 0.5) is 8.78 Å². The molecule has 1 aliphatic heterocycles. The van der Waals surface area contributed by atoms with Crippen molar-refractivity contribution >= 4 is 10.9 Å². The van der Waals surface area contributed by atoms with Gasteiger partial charge in [0.1, 0.15) is 5.69 Å². The summed E-state index contributed by atoms with van der Waals surface area (Å²) in [6.45, 7) is 0.354. The highest BCUT2D eigenvalue weighted by Gasteiger charge is 2.24. The fourth-order valence-corrected chi connectivity index (χ4v) is 3.78. The SMILES string of the molecule is O=c1c2cccc3c2n(c(=O)n1-c1c(F)cc(C#Cc2cccnc2)cc1F)CC3. The Morgan fingerprint density at radius 2 is 1.73 bits per heavy atom. The van der Waals surface area contributed by atoms with Gasteiger partial charge in [0, 0.05) is 30.1 Å². The highest BCUT2D eigenvalue weighted by Crippen LogP contribution is 2.23. The van der Waals surface area contributed by atoms with Crippen molar-refractivity contribution in [1.82, 2.24) is 14.1 Å². The minimum absolute atomic E-state index is 0.0818. The van der Waals surface area contributed by atoms with E-state index in [1.807, 2.05) is 6.07 Å². The van der Waals surface area contributed by atoms with E-state index < -0.39 is 28.6 Å². The lowest BCUT2D eigenvalue weighted by Crippen LogP contribution is -2.39. The van der Waals surface area contributed by atoms with Gasteiger partial charge < -0.3 is 0 Å². The summed E-state index contributed by atoms with van der Waals surface area (Å²) in [6.07, 6.45) is 3.71. The van der Waals surface area contributed by atoms with E-state index in [0.29, 0.717) is 28.6 Å². The van der Waals surface area contributed by atoms with Gasteiger partial charge in [0.15, 0.2) is 11.6 Å². The number of pyridine rings is 1. The van der Waals surface area contributed by atoms with Crippen molar-refractivity contribution in [1.29, 1.82) is 0 Å². The monoisotopic (exact) mass is 401 g/mol. The van der Waals surface area contributed by atoms with E-state index in [-0.39, 0.29) is 10.9 Å². The molecule has 0 saturated carbocycles. The van der Waals surface area contributed by atoms with Gasteiger partial charge in [-0.15, -0.1) is 0 Å².